The van der Waals surface area contributed by atoms with Gasteiger partial charge in [0, 0.05) is 19.0 Å². The van der Waals surface area contributed by atoms with E-state index in [0.29, 0.717) is 19.4 Å². The van der Waals surface area contributed by atoms with E-state index in [1.54, 1.807) is 11.9 Å². The monoisotopic (exact) mass is 246 g/mol. The third-order valence-corrected chi connectivity index (χ3v) is 2.52. The van der Waals surface area contributed by atoms with Gasteiger partial charge in [0.1, 0.15) is 0 Å². The number of carbonyl (C=O) groups excluding carboxylic acids is 2. The standard InChI is InChI=1S/C11H22N2O4/c1-9(8-14)13(2)7-10(15)12-6-4-5-11(16)17-3/h9,14H,4-8H2,1-3H3,(H,12,15). The van der Waals surface area contributed by atoms with Crippen LogP contribution in [-0.4, -0.2) is 61.8 Å². The topological polar surface area (TPSA) is 78.9 Å². The summed E-state index contributed by atoms with van der Waals surface area (Å²) in [6.07, 6.45) is 0.872. The summed E-state index contributed by atoms with van der Waals surface area (Å²) in [6.45, 7) is 2.55. The number of rotatable bonds is 8. The smallest absolute Gasteiger partial charge is 0.305 e. The molecular weight excluding hydrogens is 224 g/mol. The molecule has 0 heterocycles. The van der Waals surface area contributed by atoms with Crippen LogP contribution in [0.2, 0.25) is 0 Å². The van der Waals surface area contributed by atoms with E-state index in [4.69, 9.17) is 5.11 Å². The Morgan fingerprint density at radius 3 is 2.65 bits per heavy atom. The van der Waals surface area contributed by atoms with Gasteiger partial charge in [-0.05, 0) is 20.4 Å². The molecule has 0 aromatic rings. The number of nitrogens with zero attached hydrogens (tertiary/aromatic N) is 1. The van der Waals surface area contributed by atoms with Crippen LogP contribution < -0.4 is 5.32 Å². The average molecular weight is 246 g/mol. The lowest BCUT2D eigenvalue weighted by atomic mass is 10.3. The van der Waals surface area contributed by atoms with Gasteiger partial charge < -0.3 is 15.2 Å². The van der Waals surface area contributed by atoms with E-state index >= 15 is 0 Å². The molecule has 2 N–H and O–H groups in total. The molecule has 0 saturated carbocycles. The number of aliphatic hydroxyl groups excluding tert-OH is 1. The van der Waals surface area contributed by atoms with E-state index < -0.39 is 0 Å². The minimum atomic E-state index is -0.273. The highest BCUT2D eigenvalue weighted by molar-refractivity contribution is 5.78. The molecule has 0 aromatic carbocycles. The summed E-state index contributed by atoms with van der Waals surface area (Å²) in [5.41, 5.74) is 0. The Labute approximate surface area is 102 Å². The number of hydrogen-bond donors (Lipinski definition) is 2. The molecule has 0 aliphatic carbocycles. The molecule has 0 aliphatic rings. The van der Waals surface area contributed by atoms with Gasteiger partial charge in [-0.1, -0.05) is 0 Å². The van der Waals surface area contributed by atoms with E-state index in [0.717, 1.165) is 0 Å². The van der Waals surface area contributed by atoms with E-state index in [-0.39, 0.29) is 31.1 Å². The van der Waals surface area contributed by atoms with E-state index in [9.17, 15) is 9.59 Å². The molecule has 6 nitrogen and oxygen atoms in total. The summed E-state index contributed by atoms with van der Waals surface area (Å²) in [5.74, 6) is -0.386. The van der Waals surface area contributed by atoms with Gasteiger partial charge in [0.15, 0.2) is 0 Å². The summed E-state index contributed by atoms with van der Waals surface area (Å²) in [4.78, 5) is 24.0. The van der Waals surface area contributed by atoms with Crippen LogP contribution in [0.15, 0.2) is 0 Å². The molecule has 0 bridgehead atoms. The van der Waals surface area contributed by atoms with Crippen molar-refractivity contribution in [2.45, 2.75) is 25.8 Å². The second kappa shape index (κ2) is 8.95. The number of aliphatic hydroxyl groups is 1. The Balaban J connectivity index is 3.63. The maximum Gasteiger partial charge on any atom is 0.305 e. The van der Waals surface area contributed by atoms with E-state index in [2.05, 4.69) is 10.1 Å². The quantitative estimate of drug-likeness (QED) is 0.440. The highest BCUT2D eigenvalue weighted by Crippen LogP contribution is 1.93. The van der Waals surface area contributed by atoms with Crippen LogP contribution in [0.4, 0.5) is 0 Å². The fourth-order valence-electron chi connectivity index (χ4n) is 1.14. The van der Waals surface area contributed by atoms with Crippen molar-refractivity contribution in [1.82, 2.24) is 10.2 Å². The SMILES string of the molecule is COC(=O)CCCNC(=O)CN(C)C(C)CO. The molecule has 17 heavy (non-hydrogen) atoms. The van der Waals surface area contributed by atoms with Crippen molar-refractivity contribution in [1.29, 1.82) is 0 Å². The molecule has 0 aromatic heterocycles. The van der Waals surface area contributed by atoms with Gasteiger partial charge in [0.25, 0.3) is 0 Å². The van der Waals surface area contributed by atoms with Crippen LogP contribution in [0.3, 0.4) is 0 Å². The van der Waals surface area contributed by atoms with Crippen LogP contribution in [-0.2, 0) is 14.3 Å². The summed E-state index contributed by atoms with van der Waals surface area (Å²) in [7, 11) is 3.11. The largest absolute Gasteiger partial charge is 0.469 e. The van der Waals surface area contributed by atoms with Gasteiger partial charge in [0.2, 0.25) is 5.91 Å². The number of nitrogens with one attached hydrogen (secondary N) is 1. The maximum atomic E-state index is 11.4. The summed E-state index contributed by atoms with van der Waals surface area (Å²) < 4.78 is 4.48. The second-order valence-electron chi connectivity index (χ2n) is 3.98. The Kier molecular flexibility index (Phi) is 8.35. The number of likely N-dealkylation sites (N-methyl/N-ethyl adjacent to an activating group) is 1. The number of carbonyl (C=O) groups is 2. The molecule has 1 atom stereocenters. The van der Waals surface area contributed by atoms with Crippen molar-refractivity contribution < 1.29 is 19.4 Å². The highest BCUT2D eigenvalue weighted by atomic mass is 16.5. The van der Waals surface area contributed by atoms with Gasteiger partial charge in [-0.2, -0.15) is 0 Å². The summed E-state index contributed by atoms with van der Waals surface area (Å²) >= 11 is 0. The number of ether oxygens (including phenoxy) is 1. The number of hydrogen-bond acceptors (Lipinski definition) is 5. The first kappa shape index (κ1) is 15.9. The lowest BCUT2D eigenvalue weighted by molar-refractivity contribution is -0.140. The molecular formula is C11H22N2O4. The Morgan fingerprint density at radius 1 is 1.47 bits per heavy atom. The van der Waals surface area contributed by atoms with Crippen LogP contribution >= 0.6 is 0 Å². The maximum absolute atomic E-state index is 11.4. The van der Waals surface area contributed by atoms with E-state index in [1.807, 2.05) is 6.92 Å². The number of amides is 1. The van der Waals surface area contributed by atoms with Crippen molar-refractivity contribution >= 4 is 11.9 Å². The molecule has 0 aliphatic heterocycles. The summed E-state index contributed by atoms with van der Waals surface area (Å²) in [5, 5.41) is 11.6. The zero-order valence-electron chi connectivity index (χ0n) is 10.7. The Bertz CT molecular complexity index is 246. The Hall–Kier alpha value is -1.14. The normalized spacial score (nSPS) is 12.3. The van der Waals surface area contributed by atoms with Gasteiger partial charge in [-0.15, -0.1) is 0 Å². The molecule has 0 saturated heterocycles. The fourth-order valence-corrected chi connectivity index (χ4v) is 1.14. The van der Waals surface area contributed by atoms with Crippen LogP contribution in [0.25, 0.3) is 0 Å². The van der Waals surface area contributed by atoms with Crippen molar-refractivity contribution in [2.24, 2.45) is 0 Å². The minimum absolute atomic E-state index is 0.0200. The number of methoxy groups -OCH3 is 1. The molecule has 6 heteroatoms. The first-order valence-corrected chi connectivity index (χ1v) is 5.65. The van der Waals surface area contributed by atoms with Crippen molar-refractivity contribution in [2.75, 3.05) is 33.9 Å². The van der Waals surface area contributed by atoms with Crippen molar-refractivity contribution in [3.05, 3.63) is 0 Å². The first-order chi connectivity index (χ1) is 8.01. The zero-order valence-corrected chi connectivity index (χ0v) is 10.7. The lowest BCUT2D eigenvalue weighted by Crippen LogP contribution is -2.41. The molecule has 1 unspecified atom stereocenters. The molecule has 0 spiro atoms. The van der Waals surface area contributed by atoms with Gasteiger partial charge >= 0.3 is 5.97 Å². The predicted octanol–water partition coefficient (Wildman–Crippen LogP) is -0.632. The highest BCUT2D eigenvalue weighted by Gasteiger charge is 2.11. The predicted molar refractivity (Wildman–Crippen MR) is 63.4 cm³/mol. The van der Waals surface area contributed by atoms with Crippen molar-refractivity contribution in [3.8, 4) is 0 Å². The van der Waals surface area contributed by atoms with Gasteiger partial charge in [-0.3, -0.25) is 14.5 Å². The molecule has 0 rings (SSSR count). The van der Waals surface area contributed by atoms with Crippen LogP contribution in [0.5, 0.6) is 0 Å². The zero-order chi connectivity index (χ0) is 13.3. The molecule has 100 valence electrons. The lowest BCUT2D eigenvalue weighted by Gasteiger charge is -2.21. The van der Waals surface area contributed by atoms with Crippen LogP contribution in [0.1, 0.15) is 19.8 Å². The van der Waals surface area contributed by atoms with Crippen LogP contribution in [0, 0.1) is 0 Å². The van der Waals surface area contributed by atoms with E-state index in [1.165, 1.54) is 7.11 Å². The van der Waals surface area contributed by atoms with Gasteiger partial charge in [-0.25, -0.2) is 0 Å². The third-order valence-electron chi connectivity index (χ3n) is 2.52. The molecule has 0 radical (unpaired) electrons. The van der Waals surface area contributed by atoms with Gasteiger partial charge in [0.05, 0.1) is 20.3 Å². The molecule has 0 fully saturated rings. The minimum Gasteiger partial charge on any atom is -0.469 e. The average Bonchev–Trinajstić information content (AvgIpc) is 2.32. The third kappa shape index (κ3) is 7.70. The second-order valence-corrected chi connectivity index (χ2v) is 3.98. The summed E-state index contributed by atoms with van der Waals surface area (Å²) in [6, 6.07) is -0.0455. The van der Waals surface area contributed by atoms with Crippen molar-refractivity contribution in [3.63, 3.8) is 0 Å². The fraction of sp³-hybridized carbons (Fsp3) is 0.818. The first-order valence-electron chi connectivity index (χ1n) is 5.65. The number of esters is 1. The molecule has 1 amide bonds. The Morgan fingerprint density at radius 2 is 2.12 bits per heavy atom.